The zero-order chi connectivity index (χ0) is 31.0. The maximum Gasteiger partial charge on any atom is 0.264 e. The lowest BCUT2D eigenvalue weighted by atomic mass is 10.1. The third kappa shape index (κ3) is 8.36. The third-order valence-corrected chi connectivity index (χ3v) is 8.80. The van der Waals surface area contributed by atoms with Crippen molar-refractivity contribution in [2.75, 3.05) is 17.5 Å². The third-order valence-electron chi connectivity index (χ3n) is 6.27. The molecule has 0 fully saturated rings. The molecule has 42 heavy (non-hydrogen) atoms. The molecule has 1 N–H and O–H groups in total. The molecule has 12 heteroatoms. The fourth-order valence-corrected chi connectivity index (χ4v) is 6.01. The lowest BCUT2D eigenvalue weighted by molar-refractivity contribution is -0.140. The van der Waals surface area contributed by atoms with Crippen LogP contribution in [-0.4, -0.2) is 50.4 Å². The molecule has 3 aromatic rings. The quantitative estimate of drug-likeness (QED) is 0.246. The van der Waals surface area contributed by atoms with E-state index in [2.05, 4.69) is 5.32 Å². The molecule has 8 nitrogen and oxygen atoms in total. The average molecular weight is 639 g/mol. The van der Waals surface area contributed by atoms with Gasteiger partial charge in [0.15, 0.2) is 0 Å². The smallest absolute Gasteiger partial charge is 0.264 e. The Hall–Kier alpha value is -3.34. The number of hydrogen-bond acceptors (Lipinski definition) is 5. The Kier molecular flexibility index (Phi) is 11.6. The highest BCUT2D eigenvalue weighted by molar-refractivity contribution is 7.92. The van der Waals surface area contributed by atoms with Crippen LogP contribution in [0.25, 0.3) is 0 Å². The van der Waals surface area contributed by atoms with Gasteiger partial charge in [0.2, 0.25) is 11.8 Å². The molecule has 0 saturated carbocycles. The molecule has 3 rings (SSSR count). The van der Waals surface area contributed by atoms with Crippen molar-refractivity contribution >= 4 is 50.7 Å². The highest BCUT2D eigenvalue weighted by atomic mass is 35.5. The van der Waals surface area contributed by atoms with Crippen molar-refractivity contribution in [2.45, 2.75) is 57.6 Å². The summed E-state index contributed by atoms with van der Waals surface area (Å²) in [5.41, 5.74) is 0.785. The van der Waals surface area contributed by atoms with Crippen LogP contribution in [0.2, 0.25) is 10.0 Å². The normalized spacial score (nSPS) is 12.1. The van der Waals surface area contributed by atoms with Crippen LogP contribution in [0.3, 0.4) is 0 Å². The standard InChI is InChI=1S/C30H34Cl2FN3O5S/c1-5-28(30(38)34-20(3)4)35(18-21-7-16-26(31)27(32)17-21)29(37)19-36(23-10-12-24(13-11-23)41-6-2)42(39,40)25-14-8-22(33)9-15-25/h7-17,20,28H,5-6,18-19H2,1-4H3,(H,34,38). The Morgan fingerprint density at radius 1 is 0.952 bits per heavy atom. The van der Waals surface area contributed by atoms with E-state index in [0.29, 0.717) is 22.9 Å². The van der Waals surface area contributed by atoms with Gasteiger partial charge in [0.25, 0.3) is 10.0 Å². The topological polar surface area (TPSA) is 96.0 Å². The molecule has 0 aliphatic heterocycles. The Balaban J connectivity index is 2.08. The average Bonchev–Trinajstić information content (AvgIpc) is 2.94. The lowest BCUT2D eigenvalue weighted by Gasteiger charge is -2.33. The van der Waals surface area contributed by atoms with Crippen molar-refractivity contribution < 1.29 is 27.1 Å². The number of carbonyl (C=O) groups is 2. The van der Waals surface area contributed by atoms with E-state index >= 15 is 0 Å². The van der Waals surface area contributed by atoms with E-state index in [1.165, 1.54) is 17.0 Å². The number of carbonyl (C=O) groups excluding carboxylic acids is 2. The first-order valence-electron chi connectivity index (χ1n) is 13.4. The number of benzene rings is 3. The van der Waals surface area contributed by atoms with Crippen molar-refractivity contribution in [1.82, 2.24) is 10.2 Å². The number of sulfonamides is 1. The van der Waals surface area contributed by atoms with E-state index in [0.717, 1.165) is 28.6 Å². The summed E-state index contributed by atoms with van der Waals surface area (Å²) in [5, 5.41) is 3.44. The molecule has 0 bridgehead atoms. The van der Waals surface area contributed by atoms with Gasteiger partial charge in [-0.3, -0.25) is 13.9 Å². The number of nitrogens with zero attached hydrogens (tertiary/aromatic N) is 2. The van der Waals surface area contributed by atoms with Gasteiger partial charge in [0.05, 0.1) is 27.2 Å². The van der Waals surface area contributed by atoms with Crippen LogP contribution in [0, 0.1) is 5.82 Å². The van der Waals surface area contributed by atoms with E-state index in [9.17, 15) is 22.4 Å². The molecule has 0 heterocycles. The molecule has 0 saturated heterocycles. The summed E-state index contributed by atoms with van der Waals surface area (Å²) in [5.74, 6) is -1.10. The molecule has 0 spiro atoms. The van der Waals surface area contributed by atoms with Gasteiger partial charge in [0.1, 0.15) is 24.2 Å². The van der Waals surface area contributed by atoms with Gasteiger partial charge in [-0.15, -0.1) is 0 Å². The first-order chi connectivity index (χ1) is 19.9. The Morgan fingerprint density at radius 3 is 2.14 bits per heavy atom. The number of hydrogen-bond donors (Lipinski definition) is 1. The molecular weight excluding hydrogens is 604 g/mol. The molecule has 1 unspecified atom stereocenters. The number of halogens is 3. The van der Waals surface area contributed by atoms with Crippen LogP contribution < -0.4 is 14.4 Å². The summed E-state index contributed by atoms with van der Waals surface area (Å²) in [4.78, 5) is 28.4. The van der Waals surface area contributed by atoms with Crippen molar-refractivity contribution in [3.05, 3.63) is 88.2 Å². The zero-order valence-electron chi connectivity index (χ0n) is 23.8. The van der Waals surface area contributed by atoms with Gasteiger partial charge >= 0.3 is 0 Å². The molecule has 3 aromatic carbocycles. The fourth-order valence-electron chi connectivity index (χ4n) is 4.27. The van der Waals surface area contributed by atoms with Gasteiger partial charge in [-0.25, -0.2) is 12.8 Å². The van der Waals surface area contributed by atoms with E-state index in [1.807, 2.05) is 6.92 Å². The van der Waals surface area contributed by atoms with Crippen LogP contribution in [0.4, 0.5) is 10.1 Å². The van der Waals surface area contributed by atoms with Crippen LogP contribution in [0.1, 0.15) is 39.7 Å². The highest BCUT2D eigenvalue weighted by Gasteiger charge is 2.34. The van der Waals surface area contributed by atoms with Crippen molar-refractivity contribution in [3.8, 4) is 5.75 Å². The van der Waals surface area contributed by atoms with Crippen LogP contribution in [0.15, 0.2) is 71.6 Å². The number of anilines is 1. The second kappa shape index (κ2) is 14.7. The molecule has 0 aromatic heterocycles. The maximum atomic E-state index is 14.1. The minimum atomic E-state index is -4.34. The van der Waals surface area contributed by atoms with Gasteiger partial charge < -0.3 is 15.0 Å². The number of rotatable bonds is 13. The van der Waals surface area contributed by atoms with Crippen LogP contribution in [0.5, 0.6) is 5.75 Å². The summed E-state index contributed by atoms with van der Waals surface area (Å²) in [6, 6.07) is 14.3. The van der Waals surface area contributed by atoms with Crippen LogP contribution in [-0.2, 0) is 26.2 Å². The number of amides is 2. The van der Waals surface area contributed by atoms with Gasteiger partial charge in [-0.1, -0.05) is 36.2 Å². The molecule has 2 amide bonds. The highest BCUT2D eigenvalue weighted by Crippen LogP contribution is 2.28. The monoisotopic (exact) mass is 637 g/mol. The summed E-state index contributed by atoms with van der Waals surface area (Å²) < 4.78 is 47.8. The lowest BCUT2D eigenvalue weighted by Crippen LogP contribution is -2.53. The molecule has 0 aliphatic carbocycles. The zero-order valence-corrected chi connectivity index (χ0v) is 26.1. The van der Waals surface area contributed by atoms with Gasteiger partial charge in [0, 0.05) is 12.6 Å². The van der Waals surface area contributed by atoms with Crippen molar-refractivity contribution in [2.24, 2.45) is 0 Å². The van der Waals surface area contributed by atoms with Gasteiger partial charge in [-0.05, 0) is 93.4 Å². The predicted molar refractivity (Wildman–Crippen MR) is 163 cm³/mol. The van der Waals surface area contributed by atoms with Gasteiger partial charge in [-0.2, -0.15) is 0 Å². The van der Waals surface area contributed by atoms with E-state index in [4.69, 9.17) is 27.9 Å². The van der Waals surface area contributed by atoms with Crippen molar-refractivity contribution in [3.63, 3.8) is 0 Å². The Morgan fingerprint density at radius 2 is 1.60 bits per heavy atom. The largest absolute Gasteiger partial charge is 0.494 e. The SMILES string of the molecule is CCOc1ccc(N(CC(=O)N(Cc2ccc(Cl)c(Cl)c2)C(CC)C(=O)NC(C)C)S(=O)(=O)c2ccc(F)cc2)cc1. The summed E-state index contributed by atoms with van der Waals surface area (Å²) in [7, 11) is -4.34. The molecular formula is C30H34Cl2FN3O5S. The summed E-state index contributed by atoms with van der Waals surface area (Å²) in [6.07, 6.45) is 0.263. The second-order valence-corrected chi connectivity index (χ2v) is 12.4. The Labute approximate surface area is 256 Å². The van der Waals surface area contributed by atoms with E-state index in [1.54, 1.807) is 51.1 Å². The predicted octanol–water partition coefficient (Wildman–Crippen LogP) is 6.06. The van der Waals surface area contributed by atoms with Crippen LogP contribution >= 0.6 is 23.2 Å². The fraction of sp³-hybridized carbons (Fsp3) is 0.333. The number of nitrogens with one attached hydrogen (secondary N) is 1. The molecule has 1 atom stereocenters. The first kappa shape index (κ1) is 33.2. The van der Waals surface area contributed by atoms with E-state index in [-0.39, 0.29) is 40.5 Å². The molecule has 0 radical (unpaired) electrons. The van der Waals surface area contributed by atoms with E-state index < -0.39 is 34.3 Å². The van der Waals surface area contributed by atoms with Crippen molar-refractivity contribution in [1.29, 1.82) is 0 Å². The minimum Gasteiger partial charge on any atom is -0.494 e. The molecule has 226 valence electrons. The first-order valence-corrected chi connectivity index (χ1v) is 15.6. The molecule has 0 aliphatic rings. The maximum absolute atomic E-state index is 14.1. The summed E-state index contributed by atoms with van der Waals surface area (Å²) in [6.45, 7) is 6.93. The Bertz CT molecular complexity index is 1490. The summed E-state index contributed by atoms with van der Waals surface area (Å²) >= 11 is 12.3. The second-order valence-electron chi connectivity index (χ2n) is 9.75. The number of ether oxygens (including phenoxy) is 1. The minimum absolute atomic E-state index is 0.0343.